The van der Waals surface area contributed by atoms with Crippen LogP contribution in [-0.2, 0) is 6.54 Å². The Bertz CT molecular complexity index is 584. The number of nitro benzene ring substituents is 1. The van der Waals surface area contributed by atoms with E-state index >= 15 is 0 Å². The van der Waals surface area contributed by atoms with Gasteiger partial charge in [-0.05, 0) is 30.3 Å². The van der Waals surface area contributed by atoms with Gasteiger partial charge < -0.3 is 5.11 Å². The molecule has 0 aliphatic heterocycles. The molecule has 0 fully saturated rings. The standard InChI is InChI=1S/C16H18N2O3/c1-17(11-13-5-3-2-4-6-13)12-16(19)14-7-9-15(10-8-14)18(20)21/h2-10,16,19H,11-12H2,1H3. The van der Waals surface area contributed by atoms with Gasteiger partial charge in [0.1, 0.15) is 0 Å². The lowest BCUT2D eigenvalue weighted by Gasteiger charge is -2.20. The molecular formula is C16H18N2O3. The third kappa shape index (κ3) is 4.37. The molecule has 2 aromatic rings. The number of hydrogen-bond donors (Lipinski definition) is 1. The topological polar surface area (TPSA) is 66.6 Å². The lowest BCUT2D eigenvalue weighted by molar-refractivity contribution is -0.384. The van der Waals surface area contributed by atoms with Gasteiger partial charge in [-0.2, -0.15) is 0 Å². The number of aliphatic hydroxyl groups excluding tert-OH is 1. The molecule has 0 aliphatic carbocycles. The molecule has 2 rings (SSSR count). The lowest BCUT2D eigenvalue weighted by Crippen LogP contribution is -2.24. The first-order valence-electron chi connectivity index (χ1n) is 6.71. The number of rotatable bonds is 6. The van der Waals surface area contributed by atoms with Gasteiger partial charge in [-0.3, -0.25) is 15.0 Å². The van der Waals surface area contributed by atoms with Crippen LogP contribution in [0.15, 0.2) is 54.6 Å². The fourth-order valence-corrected chi connectivity index (χ4v) is 2.18. The van der Waals surface area contributed by atoms with Crippen molar-refractivity contribution >= 4 is 5.69 Å². The second-order valence-corrected chi connectivity index (χ2v) is 5.05. The molecule has 2 aromatic carbocycles. The van der Waals surface area contributed by atoms with Gasteiger partial charge in [0.25, 0.3) is 5.69 Å². The summed E-state index contributed by atoms with van der Waals surface area (Å²) in [7, 11) is 1.93. The summed E-state index contributed by atoms with van der Waals surface area (Å²) in [5.74, 6) is 0. The maximum atomic E-state index is 10.6. The summed E-state index contributed by atoms with van der Waals surface area (Å²) >= 11 is 0. The van der Waals surface area contributed by atoms with Gasteiger partial charge in [0, 0.05) is 25.2 Å². The van der Waals surface area contributed by atoms with Crippen molar-refractivity contribution in [1.82, 2.24) is 4.90 Å². The zero-order valence-corrected chi connectivity index (χ0v) is 11.8. The molecule has 0 saturated heterocycles. The Morgan fingerprint density at radius 1 is 1.14 bits per heavy atom. The second-order valence-electron chi connectivity index (χ2n) is 5.05. The first kappa shape index (κ1) is 15.2. The van der Waals surface area contributed by atoms with Gasteiger partial charge in [-0.25, -0.2) is 0 Å². The minimum atomic E-state index is -0.667. The Morgan fingerprint density at radius 2 is 1.76 bits per heavy atom. The number of benzene rings is 2. The third-order valence-electron chi connectivity index (χ3n) is 3.27. The first-order valence-corrected chi connectivity index (χ1v) is 6.71. The van der Waals surface area contributed by atoms with Crippen molar-refractivity contribution < 1.29 is 10.0 Å². The fourth-order valence-electron chi connectivity index (χ4n) is 2.18. The molecule has 0 bridgehead atoms. The maximum absolute atomic E-state index is 10.6. The van der Waals surface area contributed by atoms with Crippen LogP contribution in [0.1, 0.15) is 17.2 Å². The Balaban J connectivity index is 1.94. The van der Waals surface area contributed by atoms with E-state index in [1.807, 2.05) is 42.3 Å². The van der Waals surface area contributed by atoms with Gasteiger partial charge >= 0.3 is 0 Å². The predicted molar refractivity (Wildman–Crippen MR) is 80.8 cm³/mol. The van der Waals surface area contributed by atoms with Crippen molar-refractivity contribution in [1.29, 1.82) is 0 Å². The smallest absolute Gasteiger partial charge is 0.269 e. The van der Waals surface area contributed by atoms with Gasteiger partial charge in [0.05, 0.1) is 11.0 Å². The van der Waals surface area contributed by atoms with Gasteiger partial charge in [0.2, 0.25) is 0 Å². The molecule has 21 heavy (non-hydrogen) atoms. The van der Waals surface area contributed by atoms with Crippen LogP contribution in [-0.4, -0.2) is 28.5 Å². The van der Waals surface area contributed by atoms with Crippen molar-refractivity contribution in [2.75, 3.05) is 13.6 Å². The zero-order valence-electron chi connectivity index (χ0n) is 11.8. The summed E-state index contributed by atoms with van der Waals surface area (Å²) < 4.78 is 0. The maximum Gasteiger partial charge on any atom is 0.269 e. The van der Waals surface area contributed by atoms with Crippen LogP contribution < -0.4 is 0 Å². The summed E-state index contributed by atoms with van der Waals surface area (Å²) in [6.45, 7) is 1.21. The number of likely N-dealkylation sites (N-methyl/N-ethyl adjacent to an activating group) is 1. The quantitative estimate of drug-likeness (QED) is 0.655. The van der Waals surface area contributed by atoms with E-state index in [0.29, 0.717) is 12.1 Å². The van der Waals surface area contributed by atoms with Gasteiger partial charge in [-0.1, -0.05) is 30.3 Å². The van der Waals surface area contributed by atoms with E-state index < -0.39 is 11.0 Å². The Hall–Kier alpha value is -2.24. The molecular weight excluding hydrogens is 268 g/mol. The summed E-state index contributed by atoms with van der Waals surface area (Å²) in [6, 6.07) is 16.0. The highest BCUT2D eigenvalue weighted by Gasteiger charge is 2.13. The minimum Gasteiger partial charge on any atom is -0.387 e. The highest BCUT2D eigenvalue weighted by molar-refractivity contribution is 5.33. The molecule has 0 heterocycles. The largest absolute Gasteiger partial charge is 0.387 e. The molecule has 0 saturated carbocycles. The Morgan fingerprint density at radius 3 is 2.33 bits per heavy atom. The second kappa shape index (κ2) is 6.97. The molecule has 0 radical (unpaired) electrons. The highest BCUT2D eigenvalue weighted by Crippen LogP contribution is 2.18. The summed E-state index contributed by atoms with van der Waals surface area (Å²) in [6.07, 6.45) is -0.667. The molecule has 110 valence electrons. The highest BCUT2D eigenvalue weighted by atomic mass is 16.6. The molecule has 1 unspecified atom stereocenters. The third-order valence-corrected chi connectivity index (χ3v) is 3.27. The van der Waals surface area contributed by atoms with Crippen LogP contribution in [0.25, 0.3) is 0 Å². The fraction of sp³-hybridized carbons (Fsp3) is 0.250. The summed E-state index contributed by atoms with van der Waals surface area (Å²) in [5.41, 5.74) is 1.89. The van der Waals surface area contributed by atoms with Crippen molar-refractivity contribution in [2.45, 2.75) is 12.6 Å². The number of non-ortho nitro benzene ring substituents is 1. The number of hydrogen-bond acceptors (Lipinski definition) is 4. The Kier molecular flexibility index (Phi) is 5.03. The molecule has 1 N–H and O–H groups in total. The average molecular weight is 286 g/mol. The molecule has 0 aromatic heterocycles. The number of aliphatic hydroxyl groups is 1. The van der Waals surface area contributed by atoms with E-state index in [9.17, 15) is 15.2 Å². The van der Waals surface area contributed by atoms with Crippen molar-refractivity contribution in [3.8, 4) is 0 Å². The monoisotopic (exact) mass is 286 g/mol. The van der Waals surface area contributed by atoms with Crippen LogP contribution in [0.4, 0.5) is 5.69 Å². The molecule has 5 nitrogen and oxygen atoms in total. The van der Waals surface area contributed by atoms with Crippen molar-refractivity contribution in [2.24, 2.45) is 0 Å². The van der Waals surface area contributed by atoms with E-state index in [4.69, 9.17) is 0 Å². The SMILES string of the molecule is CN(Cc1ccccc1)CC(O)c1ccc([N+](=O)[O-])cc1. The first-order chi connectivity index (χ1) is 10.1. The van der Waals surface area contributed by atoms with Crippen LogP contribution in [0.3, 0.4) is 0 Å². The molecule has 0 aliphatic rings. The zero-order chi connectivity index (χ0) is 15.2. The van der Waals surface area contributed by atoms with Crippen LogP contribution >= 0.6 is 0 Å². The van der Waals surface area contributed by atoms with Crippen molar-refractivity contribution in [3.05, 3.63) is 75.8 Å². The molecule has 1 atom stereocenters. The van der Waals surface area contributed by atoms with Gasteiger partial charge in [-0.15, -0.1) is 0 Å². The normalized spacial score (nSPS) is 12.3. The lowest BCUT2D eigenvalue weighted by atomic mass is 10.1. The van der Waals surface area contributed by atoms with Crippen molar-refractivity contribution in [3.63, 3.8) is 0 Å². The average Bonchev–Trinajstić information content (AvgIpc) is 2.48. The van der Waals surface area contributed by atoms with E-state index in [1.165, 1.54) is 17.7 Å². The van der Waals surface area contributed by atoms with Crippen LogP contribution in [0.2, 0.25) is 0 Å². The van der Waals surface area contributed by atoms with E-state index in [2.05, 4.69) is 0 Å². The van der Waals surface area contributed by atoms with E-state index in [-0.39, 0.29) is 5.69 Å². The molecule has 0 amide bonds. The summed E-state index contributed by atoms with van der Waals surface area (Å²) in [5, 5.41) is 20.8. The van der Waals surface area contributed by atoms with E-state index in [1.54, 1.807) is 12.1 Å². The number of nitro groups is 1. The van der Waals surface area contributed by atoms with Crippen LogP contribution in [0, 0.1) is 10.1 Å². The number of nitrogens with zero attached hydrogens (tertiary/aromatic N) is 2. The minimum absolute atomic E-state index is 0.0311. The molecule has 5 heteroatoms. The van der Waals surface area contributed by atoms with Gasteiger partial charge in [0.15, 0.2) is 0 Å². The summed E-state index contributed by atoms with van der Waals surface area (Å²) in [4.78, 5) is 12.2. The predicted octanol–water partition coefficient (Wildman–Crippen LogP) is 2.76. The van der Waals surface area contributed by atoms with E-state index in [0.717, 1.165) is 6.54 Å². The molecule has 0 spiro atoms. The van der Waals surface area contributed by atoms with Crippen LogP contribution in [0.5, 0.6) is 0 Å². The Labute approximate surface area is 123 Å².